The molecule has 0 radical (unpaired) electrons. The van der Waals surface area contributed by atoms with E-state index in [1.54, 1.807) is 6.92 Å². The summed E-state index contributed by atoms with van der Waals surface area (Å²) in [6, 6.07) is 0. The Bertz CT molecular complexity index is 809. The van der Waals surface area contributed by atoms with Gasteiger partial charge in [-0.15, -0.1) is 0 Å². The molecule has 2 saturated carbocycles. The molecule has 0 aliphatic heterocycles. The molecule has 2 fully saturated rings. The molecule has 0 aromatic rings. The molecular weight excluding hydrogens is 384 g/mol. The average molecular weight is 419 g/mol. The van der Waals surface area contributed by atoms with E-state index in [-0.39, 0.29) is 29.5 Å². The van der Waals surface area contributed by atoms with E-state index in [1.807, 2.05) is 13.0 Å². The van der Waals surface area contributed by atoms with Crippen LogP contribution in [0.5, 0.6) is 0 Å². The van der Waals surface area contributed by atoms with E-state index < -0.39 is 35.7 Å². The first-order chi connectivity index (χ1) is 13.8. The molecule has 3 aliphatic carbocycles. The fourth-order valence-electron chi connectivity index (χ4n) is 5.91. The van der Waals surface area contributed by atoms with E-state index in [1.165, 1.54) is 13.8 Å². The summed E-state index contributed by atoms with van der Waals surface area (Å²) < 4.78 is 11.3. The molecule has 3 aliphatic rings. The molecule has 3 rings (SSSR count). The number of fused-ring (bicyclic) bond motifs is 2. The zero-order valence-corrected chi connectivity index (χ0v) is 18.9. The minimum absolute atomic E-state index is 0.0726. The Morgan fingerprint density at radius 2 is 1.87 bits per heavy atom. The predicted octanol–water partition coefficient (Wildman–Crippen LogP) is 3.37. The minimum atomic E-state index is -1.59. The number of hydrogen-bond donors (Lipinski definition) is 1. The van der Waals surface area contributed by atoms with Crippen molar-refractivity contribution >= 4 is 17.7 Å². The van der Waals surface area contributed by atoms with Gasteiger partial charge in [0.2, 0.25) is 5.78 Å². The number of aliphatic hydroxyl groups excluding tert-OH is 1. The van der Waals surface area contributed by atoms with Crippen LogP contribution >= 0.6 is 0 Å². The van der Waals surface area contributed by atoms with Gasteiger partial charge in [-0.2, -0.15) is 0 Å². The van der Waals surface area contributed by atoms with E-state index in [0.29, 0.717) is 23.5 Å². The summed E-state index contributed by atoms with van der Waals surface area (Å²) in [7, 11) is 0. The molecule has 1 N–H and O–H groups in total. The van der Waals surface area contributed by atoms with Crippen LogP contribution in [0.2, 0.25) is 0 Å². The normalized spacial score (nSPS) is 42.2. The lowest BCUT2D eigenvalue weighted by molar-refractivity contribution is -0.178. The van der Waals surface area contributed by atoms with Crippen molar-refractivity contribution in [1.82, 2.24) is 0 Å². The van der Waals surface area contributed by atoms with Crippen LogP contribution in [0.1, 0.15) is 60.8 Å². The lowest BCUT2D eigenvalue weighted by Crippen LogP contribution is -2.54. The van der Waals surface area contributed by atoms with Gasteiger partial charge in [-0.05, 0) is 54.1 Å². The summed E-state index contributed by atoms with van der Waals surface area (Å²) in [6.45, 7) is 14.6. The molecule has 0 saturated heterocycles. The maximum atomic E-state index is 13.8. The summed E-state index contributed by atoms with van der Waals surface area (Å²) in [4.78, 5) is 37.7. The number of ketones is 1. The van der Waals surface area contributed by atoms with E-state index in [2.05, 4.69) is 20.4 Å². The second-order valence-corrected chi connectivity index (χ2v) is 10.0. The second kappa shape index (κ2) is 7.63. The fraction of sp³-hybridized carbons (Fsp3) is 0.708. The van der Waals surface area contributed by atoms with Crippen molar-refractivity contribution in [2.45, 2.75) is 78.6 Å². The van der Waals surface area contributed by atoms with Gasteiger partial charge in [0, 0.05) is 20.3 Å². The molecule has 0 heterocycles. The SMILES string of the molecule is C=C1CC[C@H]2[C@@H](/C=C(\C)C(=O)[C@@]3(OC(C)=O)C[C@H](C)[C@H](OC(C)=O)[C@@H]3[C@H]1O)C2(C)C. The largest absolute Gasteiger partial charge is 0.462 e. The van der Waals surface area contributed by atoms with Crippen LogP contribution in [-0.4, -0.2) is 40.6 Å². The standard InChI is InChI=1S/C24H34O6/c1-12-8-9-17-18(23(17,6)7)10-13(2)22(28)24(30-16(5)26)11-14(3)21(29-15(4)25)19(24)20(12)27/h10,14,17-21,27H,1,8-9,11H2,2-7H3/b13-10+/t14-,17-,18+,19-,20-,21-,24+/m0/s1. The Kier molecular flexibility index (Phi) is 5.78. The maximum absolute atomic E-state index is 13.8. The Labute approximate surface area is 178 Å². The molecule has 30 heavy (non-hydrogen) atoms. The number of esters is 2. The zero-order chi connectivity index (χ0) is 22.6. The highest BCUT2D eigenvalue weighted by atomic mass is 16.6. The van der Waals surface area contributed by atoms with Crippen molar-refractivity contribution in [2.75, 3.05) is 0 Å². The third-order valence-corrected chi connectivity index (χ3v) is 7.55. The topological polar surface area (TPSA) is 89.9 Å². The predicted molar refractivity (Wildman–Crippen MR) is 111 cm³/mol. The number of aliphatic hydroxyl groups is 1. The van der Waals surface area contributed by atoms with Gasteiger partial charge in [0.1, 0.15) is 6.10 Å². The number of ether oxygens (including phenoxy) is 2. The van der Waals surface area contributed by atoms with Crippen LogP contribution < -0.4 is 0 Å². The average Bonchev–Trinajstić information content (AvgIpc) is 3.01. The minimum Gasteiger partial charge on any atom is -0.462 e. The molecule has 166 valence electrons. The van der Waals surface area contributed by atoms with Crippen LogP contribution in [0.15, 0.2) is 23.8 Å². The Morgan fingerprint density at radius 1 is 1.23 bits per heavy atom. The first-order valence-electron chi connectivity index (χ1n) is 10.8. The number of rotatable bonds is 2. The highest BCUT2D eigenvalue weighted by Crippen LogP contribution is 2.62. The highest BCUT2D eigenvalue weighted by Gasteiger charge is 2.64. The first kappa shape index (κ1) is 22.7. The molecule has 0 unspecified atom stereocenters. The molecule has 6 heteroatoms. The number of carbonyl (C=O) groups excluding carboxylic acids is 3. The van der Waals surface area contributed by atoms with Crippen LogP contribution in [-0.2, 0) is 23.9 Å². The lowest BCUT2D eigenvalue weighted by atomic mass is 9.76. The van der Waals surface area contributed by atoms with Crippen molar-refractivity contribution in [3.63, 3.8) is 0 Å². The quantitative estimate of drug-likeness (QED) is 0.546. The van der Waals surface area contributed by atoms with Gasteiger partial charge in [0.15, 0.2) is 5.60 Å². The second-order valence-electron chi connectivity index (χ2n) is 10.0. The van der Waals surface area contributed by atoms with Crippen LogP contribution in [0.3, 0.4) is 0 Å². The van der Waals surface area contributed by atoms with Gasteiger partial charge in [-0.25, -0.2) is 0 Å². The Hall–Kier alpha value is -1.95. The van der Waals surface area contributed by atoms with Crippen molar-refractivity contribution in [3.8, 4) is 0 Å². The van der Waals surface area contributed by atoms with Gasteiger partial charge >= 0.3 is 11.9 Å². The third-order valence-electron chi connectivity index (χ3n) is 7.55. The molecule has 0 amide bonds. The smallest absolute Gasteiger partial charge is 0.303 e. The molecule has 0 spiro atoms. The monoisotopic (exact) mass is 418 g/mol. The number of carbonyl (C=O) groups is 3. The molecule has 0 aromatic heterocycles. The van der Waals surface area contributed by atoms with Crippen LogP contribution in [0.25, 0.3) is 0 Å². The van der Waals surface area contributed by atoms with E-state index in [4.69, 9.17) is 9.47 Å². The first-order valence-corrected chi connectivity index (χ1v) is 10.8. The fourth-order valence-corrected chi connectivity index (χ4v) is 5.91. The summed E-state index contributed by atoms with van der Waals surface area (Å²) in [5.74, 6) is -1.94. The third kappa shape index (κ3) is 3.64. The molecule has 7 atom stereocenters. The molecule has 0 aromatic carbocycles. The van der Waals surface area contributed by atoms with E-state index >= 15 is 0 Å². The van der Waals surface area contributed by atoms with Crippen molar-refractivity contribution in [3.05, 3.63) is 23.8 Å². The van der Waals surface area contributed by atoms with Gasteiger partial charge in [0.05, 0.1) is 12.0 Å². The molecular formula is C24H34O6. The summed E-state index contributed by atoms with van der Waals surface area (Å²) in [5, 5.41) is 11.3. The van der Waals surface area contributed by atoms with Crippen molar-refractivity contribution in [2.24, 2.45) is 29.1 Å². The number of allylic oxidation sites excluding steroid dienone is 1. The van der Waals surface area contributed by atoms with E-state index in [9.17, 15) is 19.5 Å². The summed E-state index contributed by atoms with van der Waals surface area (Å²) in [5.41, 5.74) is -0.412. The summed E-state index contributed by atoms with van der Waals surface area (Å²) >= 11 is 0. The zero-order valence-electron chi connectivity index (χ0n) is 18.9. The van der Waals surface area contributed by atoms with Crippen LogP contribution in [0.4, 0.5) is 0 Å². The van der Waals surface area contributed by atoms with Gasteiger partial charge in [0.25, 0.3) is 0 Å². The van der Waals surface area contributed by atoms with Gasteiger partial charge < -0.3 is 14.6 Å². The number of Topliss-reactive ketones (excluding diaryl/α,β-unsaturated/α-hetero) is 1. The molecule has 0 bridgehead atoms. The Balaban J connectivity index is 2.16. The molecule has 6 nitrogen and oxygen atoms in total. The summed E-state index contributed by atoms with van der Waals surface area (Å²) in [6.07, 6.45) is 1.75. The highest BCUT2D eigenvalue weighted by molar-refractivity contribution is 6.03. The van der Waals surface area contributed by atoms with Gasteiger partial charge in [-0.3, -0.25) is 14.4 Å². The van der Waals surface area contributed by atoms with Crippen molar-refractivity contribution < 1.29 is 29.0 Å². The van der Waals surface area contributed by atoms with Crippen molar-refractivity contribution in [1.29, 1.82) is 0 Å². The van der Waals surface area contributed by atoms with E-state index in [0.717, 1.165) is 6.42 Å². The van der Waals surface area contributed by atoms with Crippen LogP contribution in [0, 0.1) is 29.1 Å². The maximum Gasteiger partial charge on any atom is 0.303 e. The lowest BCUT2D eigenvalue weighted by Gasteiger charge is -2.38. The Morgan fingerprint density at radius 3 is 2.43 bits per heavy atom. The number of hydrogen-bond acceptors (Lipinski definition) is 6. The van der Waals surface area contributed by atoms with Gasteiger partial charge in [-0.1, -0.05) is 33.4 Å².